The van der Waals surface area contributed by atoms with E-state index in [0.717, 1.165) is 29.2 Å². The lowest BCUT2D eigenvalue weighted by atomic mass is 9.96. The Kier molecular flexibility index (Phi) is 6.15. The van der Waals surface area contributed by atoms with Crippen molar-refractivity contribution in [3.63, 3.8) is 0 Å². The fourth-order valence-electron chi connectivity index (χ4n) is 5.17. The summed E-state index contributed by atoms with van der Waals surface area (Å²) in [4.78, 5) is 27.9. The van der Waals surface area contributed by atoms with Crippen molar-refractivity contribution in [2.24, 2.45) is 23.2 Å². The van der Waals surface area contributed by atoms with E-state index in [1.165, 1.54) is 18.9 Å². The molecule has 172 valence electrons. The number of rotatable bonds is 7. The minimum absolute atomic E-state index is 0.00496. The molecule has 0 bridgehead atoms. The van der Waals surface area contributed by atoms with Gasteiger partial charge in [0.05, 0.1) is 12.3 Å². The normalized spacial score (nSPS) is 30.9. The fraction of sp³-hybridized carbons (Fsp3) is 0.762. The first-order valence-corrected chi connectivity index (χ1v) is 12.5. The zero-order valence-corrected chi connectivity index (χ0v) is 19.7. The molecule has 10 heteroatoms. The zero-order chi connectivity index (χ0) is 23.3. The van der Waals surface area contributed by atoms with Crippen molar-refractivity contribution in [2.75, 3.05) is 26.4 Å². The summed E-state index contributed by atoms with van der Waals surface area (Å²) in [6, 6.07) is -0.128. The van der Waals surface area contributed by atoms with Crippen LogP contribution in [0.3, 0.4) is 0 Å². The van der Waals surface area contributed by atoms with Crippen LogP contribution in [-0.4, -0.2) is 74.0 Å². The molecule has 2 N–H and O–H groups in total. The van der Waals surface area contributed by atoms with Crippen LogP contribution < -0.4 is 10.6 Å². The van der Waals surface area contributed by atoms with Crippen molar-refractivity contribution in [1.82, 2.24) is 19.8 Å². The maximum Gasteiger partial charge on any atom is 0.244 e. The van der Waals surface area contributed by atoms with Crippen LogP contribution in [0.25, 0.3) is 0 Å². The summed E-state index contributed by atoms with van der Waals surface area (Å²) in [6.45, 7) is 10.9. The highest BCUT2D eigenvalue weighted by molar-refractivity contribution is 7.88. The molecule has 0 spiro atoms. The Balaban J connectivity index is 1.75. The second-order valence-corrected chi connectivity index (χ2v) is 11.7. The topological polar surface area (TPSA) is 123 Å². The Morgan fingerprint density at radius 1 is 1.45 bits per heavy atom. The van der Waals surface area contributed by atoms with Crippen molar-refractivity contribution in [3.8, 4) is 6.07 Å². The van der Waals surface area contributed by atoms with Crippen molar-refractivity contribution < 1.29 is 18.0 Å². The number of nitriles is 1. The van der Waals surface area contributed by atoms with E-state index in [2.05, 4.69) is 37.1 Å². The maximum atomic E-state index is 13.3. The number of piperidine rings is 1. The monoisotopic (exact) mass is 451 g/mol. The number of likely N-dealkylation sites (tertiary alicyclic amines) is 1. The van der Waals surface area contributed by atoms with Gasteiger partial charge in [0, 0.05) is 31.8 Å². The number of nitrogens with zero attached hydrogens (tertiary/aromatic N) is 3. The van der Waals surface area contributed by atoms with Gasteiger partial charge >= 0.3 is 0 Å². The summed E-state index contributed by atoms with van der Waals surface area (Å²) in [7, 11) is -2.19. The Morgan fingerprint density at radius 3 is 2.61 bits per heavy atom. The van der Waals surface area contributed by atoms with Gasteiger partial charge in [-0.1, -0.05) is 20.4 Å². The number of hydrogen-bond donors (Lipinski definition) is 2. The molecule has 2 amide bonds. The first-order chi connectivity index (χ1) is 14.3. The Morgan fingerprint density at radius 2 is 2.10 bits per heavy atom. The van der Waals surface area contributed by atoms with Crippen LogP contribution >= 0.6 is 0 Å². The molecule has 31 heavy (non-hydrogen) atoms. The predicted octanol–water partition coefficient (Wildman–Crippen LogP) is 0.271. The van der Waals surface area contributed by atoms with E-state index >= 15 is 0 Å². The maximum absolute atomic E-state index is 13.3. The number of carbonyl (C=O) groups is 2. The first kappa shape index (κ1) is 23.5. The molecule has 0 aromatic rings. The number of sulfonamides is 1. The molecular weight excluding hydrogens is 418 g/mol. The number of likely N-dealkylation sites (N-methyl/N-ethyl adjacent to an activating group) is 1. The number of carbonyl (C=O) groups excluding carboxylic acids is 2. The highest BCUT2D eigenvalue weighted by Gasteiger charge is 2.69. The van der Waals surface area contributed by atoms with Gasteiger partial charge in [-0.05, 0) is 37.0 Å². The van der Waals surface area contributed by atoms with Crippen LogP contribution in [0.1, 0.15) is 33.6 Å². The van der Waals surface area contributed by atoms with E-state index in [9.17, 15) is 23.3 Å². The van der Waals surface area contributed by atoms with Crippen LogP contribution in [-0.2, 0) is 19.6 Å². The molecule has 2 saturated heterocycles. The van der Waals surface area contributed by atoms with E-state index in [1.54, 1.807) is 0 Å². The van der Waals surface area contributed by atoms with Crippen molar-refractivity contribution >= 4 is 21.8 Å². The van der Waals surface area contributed by atoms with Crippen LogP contribution in [0.4, 0.5) is 0 Å². The Bertz CT molecular complexity index is 925. The molecule has 9 nitrogen and oxygen atoms in total. The van der Waals surface area contributed by atoms with Crippen molar-refractivity contribution in [3.05, 3.63) is 12.3 Å². The van der Waals surface area contributed by atoms with Gasteiger partial charge in [-0.2, -0.15) is 9.57 Å². The molecule has 0 aromatic heterocycles. The second kappa shape index (κ2) is 8.10. The quantitative estimate of drug-likeness (QED) is 0.573. The molecule has 1 aliphatic carbocycles. The summed E-state index contributed by atoms with van der Waals surface area (Å²) in [5.74, 6) is -0.432. The van der Waals surface area contributed by atoms with Crippen LogP contribution in [0.15, 0.2) is 12.3 Å². The molecule has 1 unspecified atom stereocenters. The molecule has 3 fully saturated rings. The third kappa shape index (κ3) is 4.30. The second-order valence-electron chi connectivity index (χ2n) is 9.71. The fourth-order valence-corrected chi connectivity index (χ4v) is 5.83. The van der Waals surface area contributed by atoms with E-state index in [4.69, 9.17) is 0 Å². The predicted molar refractivity (Wildman–Crippen MR) is 116 cm³/mol. The molecule has 0 radical (unpaired) electrons. The van der Waals surface area contributed by atoms with Gasteiger partial charge in [-0.3, -0.25) is 9.59 Å². The third-order valence-electron chi connectivity index (χ3n) is 7.52. The molecule has 3 aliphatic rings. The summed E-state index contributed by atoms with van der Waals surface area (Å²) < 4.78 is 24.8. The number of nitrogens with one attached hydrogen (secondary N) is 2. The van der Waals surface area contributed by atoms with Gasteiger partial charge in [0.15, 0.2) is 0 Å². The lowest BCUT2D eigenvalue weighted by molar-refractivity contribution is -0.142. The van der Waals surface area contributed by atoms with Gasteiger partial charge in [-0.25, -0.2) is 8.42 Å². The molecule has 3 rings (SSSR count). The summed E-state index contributed by atoms with van der Waals surface area (Å²) in [5.41, 5.74) is 0.810. The number of fused-ring (bicyclic) bond motifs is 1. The Labute approximate surface area is 184 Å². The SMILES string of the molecule is C=C1NCC[C@H]1C[C@@H](C#N)NC(=O)[C@@H]1[C@@H]2[C@H](CN1C(=O)C(C)N(C)S(C)(=O)=O)C2(C)C. The van der Waals surface area contributed by atoms with Gasteiger partial charge in [-0.15, -0.1) is 0 Å². The third-order valence-corrected chi connectivity index (χ3v) is 8.88. The number of hydrogen-bond acceptors (Lipinski definition) is 6. The van der Waals surface area contributed by atoms with Gasteiger partial charge in [0.1, 0.15) is 18.1 Å². The highest BCUT2D eigenvalue weighted by atomic mass is 32.2. The smallest absolute Gasteiger partial charge is 0.244 e. The molecular formula is C21H33N5O4S. The Hall–Kier alpha value is -2.12. The van der Waals surface area contributed by atoms with Gasteiger partial charge < -0.3 is 15.5 Å². The molecule has 1 saturated carbocycles. The van der Waals surface area contributed by atoms with Crippen LogP contribution in [0.2, 0.25) is 0 Å². The van der Waals surface area contributed by atoms with Crippen molar-refractivity contribution in [2.45, 2.75) is 51.7 Å². The number of allylic oxidation sites excluding steroid dienone is 1. The average molecular weight is 452 g/mol. The lowest BCUT2D eigenvalue weighted by Gasteiger charge is -2.34. The summed E-state index contributed by atoms with van der Waals surface area (Å²) in [5, 5.41) is 15.6. The van der Waals surface area contributed by atoms with Crippen LogP contribution in [0.5, 0.6) is 0 Å². The standard InChI is InChI=1S/C21H33N5O4S/c1-12-14(7-8-23-12)9-15(10-22)24-19(27)18-17-16(21(17,3)4)11-26(18)20(28)13(2)25(5)31(6,29)30/h13-18,23H,1,7-9,11H2,2-6H3,(H,24,27)/t13?,14-,15-,16-,17-,18-/m0/s1. The number of amides is 2. The minimum atomic E-state index is -3.55. The largest absolute Gasteiger partial charge is 0.389 e. The lowest BCUT2D eigenvalue weighted by Crippen LogP contribution is -2.56. The summed E-state index contributed by atoms with van der Waals surface area (Å²) in [6.07, 6.45) is 2.39. The van der Waals surface area contributed by atoms with E-state index in [-0.39, 0.29) is 29.1 Å². The zero-order valence-electron chi connectivity index (χ0n) is 18.9. The first-order valence-electron chi connectivity index (χ1n) is 10.7. The van der Waals surface area contributed by atoms with Crippen molar-refractivity contribution in [1.29, 1.82) is 5.26 Å². The van der Waals surface area contributed by atoms with Gasteiger partial charge in [0.25, 0.3) is 0 Å². The van der Waals surface area contributed by atoms with Crippen LogP contribution in [0, 0.1) is 34.5 Å². The van der Waals surface area contributed by atoms with E-state index in [1.807, 2.05) is 0 Å². The minimum Gasteiger partial charge on any atom is -0.389 e. The van der Waals surface area contributed by atoms with Gasteiger partial charge in [0.2, 0.25) is 21.8 Å². The molecule has 2 heterocycles. The molecule has 0 aromatic carbocycles. The molecule has 6 atom stereocenters. The average Bonchev–Trinajstić information content (AvgIpc) is 3.05. The summed E-state index contributed by atoms with van der Waals surface area (Å²) >= 11 is 0. The molecule has 2 aliphatic heterocycles. The van der Waals surface area contributed by atoms with E-state index in [0.29, 0.717) is 13.0 Å². The highest BCUT2D eigenvalue weighted by Crippen LogP contribution is 2.64. The van der Waals surface area contributed by atoms with E-state index < -0.39 is 34.1 Å².